The van der Waals surface area contributed by atoms with Gasteiger partial charge in [-0.25, -0.2) is 8.42 Å². The second-order valence-electron chi connectivity index (χ2n) is 5.49. The van der Waals surface area contributed by atoms with Crippen molar-refractivity contribution in [3.8, 4) is 0 Å². The summed E-state index contributed by atoms with van der Waals surface area (Å²) in [7, 11) is -3.75. The van der Waals surface area contributed by atoms with Crippen LogP contribution in [0.5, 0.6) is 0 Å². The van der Waals surface area contributed by atoms with Crippen LogP contribution in [0.3, 0.4) is 0 Å². The van der Waals surface area contributed by atoms with Gasteiger partial charge < -0.3 is 10.6 Å². The lowest BCUT2D eigenvalue weighted by Gasteiger charge is -2.36. The Bertz CT molecular complexity index is 851. The Morgan fingerprint density at radius 1 is 1.00 bits per heavy atom. The number of amides is 2. The quantitative estimate of drug-likeness (QED) is 0.779. The maximum absolute atomic E-state index is 12.5. The number of sulfone groups is 1. The third kappa shape index (κ3) is 3.16. The summed E-state index contributed by atoms with van der Waals surface area (Å²) in [5.41, 5.74) is 0.789. The van der Waals surface area contributed by atoms with Gasteiger partial charge in [0.1, 0.15) is 6.04 Å². The fraction of sp³-hybridized carbons (Fsp3) is 0.176. The fourth-order valence-corrected chi connectivity index (χ4v) is 4.17. The molecule has 0 spiro atoms. The summed E-state index contributed by atoms with van der Waals surface area (Å²) in [6, 6.07) is 15.8. The van der Waals surface area contributed by atoms with Crippen molar-refractivity contribution in [3.05, 3.63) is 66.2 Å². The SMILES string of the molecule is O=C(Cc1ccccc1)N[C@@H]1C(=O)NC1S(=O)(=O)c1ccccc1. The van der Waals surface area contributed by atoms with Crippen LogP contribution >= 0.6 is 0 Å². The summed E-state index contributed by atoms with van der Waals surface area (Å²) < 4.78 is 25.1. The number of carbonyl (C=O) groups excluding carboxylic acids is 2. The molecule has 1 heterocycles. The summed E-state index contributed by atoms with van der Waals surface area (Å²) in [5.74, 6) is -0.893. The van der Waals surface area contributed by atoms with Crippen LogP contribution in [0.4, 0.5) is 0 Å². The van der Waals surface area contributed by atoms with Crippen molar-refractivity contribution >= 4 is 21.7 Å². The van der Waals surface area contributed by atoms with E-state index in [-0.39, 0.29) is 11.3 Å². The first-order valence-corrected chi connectivity index (χ1v) is 8.96. The number of nitrogens with one attached hydrogen (secondary N) is 2. The van der Waals surface area contributed by atoms with E-state index in [9.17, 15) is 18.0 Å². The number of carbonyl (C=O) groups is 2. The fourth-order valence-electron chi connectivity index (χ4n) is 2.52. The van der Waals surface area contributed by atoms with Crippen LogP contribution in [-0.4, -0.2) is 31.6 Å². The summed E-state index contributed by atoms with van der Waals surface area (Å²) in [6.07, 6.45) is 0.0860. The predicted molar refractivity (Wildman–Crippen MR) is 87.6 cm³/mol. The van der Waals surface area contributed by atoms with Gasteiger partial charge in [0.2, 0.25) is 21.7 Å². The van der Waals surface area contributed by atoms with Gasteiger partial charge in [0, 0.05) is 0 Å². The van der Waals surface area contributed by atoms with E-state index in [1.807, 2.05) is 6.07 Å². The Kier molecular flexibility index (Phi) is 4.35. The van der Waals surface area contributed by atoms with Gasteiger partial charge in [0.15, 0.2) is 5.37 Å². The van der Waals surface area contributed by atoms with E-state index < -0.39 is 33.1 Å². The van der Waals surface area contributed by atoms with E-state index in [4.69, 9.17) is 0 Å². The molecular formula is C17H16N2O4S. The lowest BCUT2D eigenvalue weighted by atomic mass is 10.1. The van der Waals surface area contributed by atoms with Crippen molar-refractivity contribution in [2.75, 3.05) is 0 Å². The molecule has 0 aromatic heterocycles. The average Bonchev–Trinajstić information content (AvgIpc) is 2.59. The standard InChI is InChI=1S/C17H16N2O4S/c20-14(11-12-7-3-1-4-8-12)18-15-16(21)19-17(15)24(22,23)13-9-5-2-6-10-13/h1-10,15,17H,11H2,(H,18,20)(H,19,21)/t15-,17?/m1/s1. The highest BCUT2D eigenvalue weighted by Gasteiger charge is 2.48. The Morgan fingerprint density at radius 2 is 1.58 bits per heavy atom. The van der Waals surface area contributed by atoms with Gasteiger partial charge in [-0.3, -0.25) is 9.59 Å². The van der Waals surface area contributed by atoms with Crippen LogP contribution < -0.4 is 10.6 Å². The zero-order chi connectivity index (χ0) is 17.2. The van der Waals surface area contributed by atoms with E-state index in [0.29, 0.717) is 0 Å². The first-order chi connectivity index (χ1) is 11.5. The Hall–Kier alpha value is -2.67. The van der Waals surface area contributed by atoms with Crippen LogP contribution in [-0.2, 0) is 25.8 Å². The number of β-lactam (4-membered cyclic amide) rings is 1. The smallest absolute Gasteiger partial charge is 0.246 e. The molecule has 1 unspecified atom stereocenters. The molecule has 2 aromatic rings. The molecule has 1 fully saturated rings. The molecule has 2 aromatic carbocycles. The third-order valence-corrected chi connectivity index (χ3v) is 5.79. The minimum absolute atomic E-state index is 0.0860. The molecule has 0 radical (unpaired) electrons. The summed E-state index contributed by atoms with van der Waals surface area (Å²) in [5, 5.41) is 3.72. The summed E-state index contributed by atoms with van der Waals surface area (Å²) in [6.45, 7) is 0. The second kappa shape index (κ2) is 6.45. The van der Waals surface area contributed by atoms with Gasteiger partial charge in [-0.2, -0.15) is 0 Å². The van der Waals surface area contributed by atoms with Crippen molar-refractivity contribution in [1.29, 1.82) is 0 Å². The van der Waals surface area contributed by atoms with E-state index >= 15 is 0 Å². The number of benzene rings is 2. The van der Waals surface area contributed by atoms with E-state index in [1.54, 1.807) is 42.5 Å². The van der Waals surface area contributed by atoms with Crippen LogP contribution in [0.25, 0.3) is 0 Å². The van der Waals surface area contributed by atoms with Crippen LogP contribution in [0.2, 0.25) is 0 Å². The molecule has 3 rings (SSSR count). The van der Waals surface area contributed by atoms with Crippen molar-refractivity contribution in [1.82, 2.24) is 10.6 Å². The highest BCUT2D eigenvalue weighted by Crippen LogP contribution is 2.21. The van der Waals surface area contributed by atoms with Crippen molar-refractivity contribution in [3.63, 3.8) is 0 Å². The minimum Gasteiger partial charge on any atom is -0.341 e. The van der Waals surface area contributed by atoms with E-state index in [0.717, 1.165) is 5.56 Å². The first kappa shape index (κ1) is 16.2. The molecular weight excluding hydrogens is 328 g/mol. The molecule has 24 heavy (non-hydrogen) atoms. The van der Waals surface area contributed by atoms with Gasteiger partial charge in [0.25, 0.3) is 0 Å². The van der Waals surface area contributed by atoms with Crippen LogP contribution in [0, 0.1) is 0 Å². The molecule has 7 heteroatoms. The molecule has 1 saturated heterocycles. The van der Waals surface area contributed by atoms with Gasteiger partial charge in [-0.1, -0.05) is 48.5 Å². The monoisotopic (exact) mass is 344 g/mol. The molecule has 2 atom stereocenters. The Morgan fingerprint density at radius 3 is 2.17 bits per heavy atom. The van der Waals surface area contributed by atoms with Gasteiger partial charge in [-0.15, -0.1) is 0 Å². The molecule has 1 aliphatic rings. The van der Waals surface area contributed by atoms with Crippen molar-refractivity contribution in [2.24, 2.45) is 0 Å². The molecule has 2 N–H and O–H groups in total. The topological polar surface area (TPSA) is 92.3 Å². The normalized spacial score (nSPS) is 19.9. The highest BCUT2D eigenvalue weighted by atomic mass is 32.2. The molecule has 6 nitrogen and oxygen atoms in total. The molecule has 0 bridgehead atoms. The lowest BCUT2D eigenvalue weighted by Crippen LogP contribution is -2.71. The molecule has 124 valence electrons. The van der Waals surface area contributed by atoms with Crippen molar-refractivity contribution < 1.29 is 18.0 Å². The molecule has 1 aliphatic heterocycles. The predicted octanol–water partition coefficient (Wildman–Crippen LogP) is 0.644. The molecule has 2 amide bonds. The Balaban J connectivity index is 1.71. The van der Waals surface area contributed by atoms with E-state index in [2.05, 4.69) is 10.6 Å². The maximum atomic E-state index is 12.5. The number of hydrogen-bond donors (Lipinski definition) is 2. The average molecular weight is 344 g/mol. The zero-order valence-corrected chi connectivity index (χ0v) is 13.5. The summed E-state index contributed by atoms with van der Waals surface area (Å²) in [4.78, 5) is 23.9. The minimum atomic E-state index is -3.75. The highest BCUT2D eigenvalue weighted by molar-refractivity contribution is 7.92. The van der Waals surface area contributed by atoms with Gasteiger partial charge >= 0.3 is 0 Å². The number of rotatable bonds is 5. The van der Waals surface area contributed by atoms with Gasteiger partial charge in [0.05, 0.1) is 11.3 Å². The number of hydrogen-bond acceptors (Lipinski definition) is 4. The maximum Gasteiger partial charge on any atom is 0.246 e. The van der Waals surface area contributed by atoms with Gasteiger partial charge in [-0.05, 0) is 17.7 Å². The van der Waals surface area contributed by atoms with Crippen LogP contribution in [0.1, 0.15) is 5.56 Å². The van der Waals surface area contributed by atoms with Crippen LogP contribution in [0.15, 0.2) is 65.6 Å². The largest absolute Gasteiger partial charge is 0.341 e. The van der Waals surface area contributed by atoms with E-state index in [1.165, 1.54) is 12.1 Å². The molecule has 0 aliphatic carbocycles. The first-order valence-electron chi connectivity index (χ1n) is 7.41. The summed E-state index contributed by atoms with van der Waals surface area (Å²) >= 11 is 0. The lowest BCUT2D eigenvalue weighted by molar-refractivity contribution is -0.134. The molecule has 0 saturated carbocycles. The Labute approximate surface area is 139 Å². The second-order valence-corrected chi connectivity index (χ2v) is 7.56. The van der Waals surface area contributed by atoms with Crippen molar-refractivity contribution in [2.45, 2.75) is 22.7 Å². The third-order valence-electron chi connectivity index (χ3n) is 3.80. The zero-order valence-electron chi connectivity index (χ0n) is 12.7.